The lowest BCUT2D eigenvalue weighted by Crippen LogP contribution is -2.23. The maximum atomic E-state index is 12.1. The van der Waals surface area contributed by atoms with Gasteiger partial charge in [-0.15, -0.1) is 10.2 Å². The first kappa shape index (κ1) is 14.8. The Kier molecular flexibility index (Phi) is 4.61. The van der Waals surface area contributed by atoms with Crippen molar-refractivity contribution in [1.82, 2.24) is 19.7 Å². The Morgan fingerprint density at radius 2 is 2.20 bits per heavy atom. The van der Waals surface area contributed by atoms with Crippen molar-refractivity contribution in [2.75, 3.05) is 5.32 Å². The second kappa shape index (κ2) is 6.23. The molecule has 20 heavy (non-hydrogen) atoms. The Balaban J connectivity index is 1.98. The van der Waals surface area contributed by atoms with Gasteiger partial charge in [-0.2, -0.15) is 0 Å². The number of aryl methyl sites for hydroxylation is 1. The van der Waals surface area contributed by atoms with E-state index in [1.165, 1.54) is 18.0 Å². The zero-order valence-corrected chi connectivity index (χ0v) is 12.9. The van der Waals surface area contributed by atoms with Crippen LogP contribution in [0.4, 0.5) is 5.82 Å². The lowest BCUT2D eigenvalue weighted by Gasteiger charge is -2.10. The third kappa shape index (κ3) is 3.49. The quantitative estimate of drug-likeness (QED) is 0.877. The normalized spacial score (nSPS) is 12.2. The van der Waals surface area contributed by atoms with Crippen LogP contribution in [-0.2, 0) is 11.8 Å². The predicted octanol–water partition coefficient (Wildman–Crippen LogP) is 2.29. The minimum atomic E-state index is -0.310. The summed E-state index contributed by atoms with van der Waals surface area (Å²) in [5.74, 6) is 1.13. The Labute approximate surface area is 125 Å². The highest BCUT2D eigenvalue weighted by Crippen LogP contribution is 2.22. The van der Waals surface area contributed by atoms with Gasteiger partial charge in [-0.05, 0) is 26.0 Å². The first-order chi connectivity index (χ1) is 9.47. The summed E-state index contributed by atoms with van der Waals surface area (Å²) in [4.78, 5) is 16.1. The van der Waals surface area contributed by atoms with Gasteiger partial charge in [0, 0.05) is 13.2 Å². The topological polar surface area (TPSA) is 72.7 Å². The maximum Gasteiger partial charge on any atom is 0.238 e. The zero-order valence-electron chi connectivity index (χ0n) is 11.3. The zero-order chi connectivity index (χ0) is 14.7. The van der Waals surface area contributed by atoms with E-state index in [2.05, 4.69) is 20.5 Å². The molecule has 6 nitrogen and oxygen atoms in total. The van der Waals surface area contributed by atoms with Crippen LogP contribution in [0.5, 0.6) is 0 Å². The number of nitrogens with zero attached hydrogens (tertiary/aromatic N) is 4. The smallest absolute Gasteiger partial charge is 0.238 e. The van der Waals surface area contributed by atoms with Crippen molar-refractivity contribution in [3.05, 3.63) is 29.2 Å². The molecule has 0 aromatic carbocycles. The summed E-state index contributed by atoms with van der Waals surface area (Å²) in [6.45, 7) is 3.67. The summed E-state index contributed by atoms with van der Waals surface area (Å²) in [7, 11) is 1.86. The lowest BCUT2D eigenvalue weighted by molar-refractivity contribution is -0.115. The Hall–Kier alpha value is -1.60. The Bertz CT molecular complexity index is 613. The summed E-state index contributed by atoms with van der Waals surface area (Å²) < 4.78 is 1.84. The van der Waals surface area contributed by atoms with E-state index in [-0.39, 0.29) is 11.2 Å². The molecule has 2 rings (SSSR count). The molecule has 0 aliphatic rings. The van der Waals surface area contributed by atoms with Gasteiger partial charge in [0.05, 0.1) is 10.3 Å². The minimum Gasteiger partial charge on any atom is -0.310 e. The van der Waals surface area contributed by atoms with Crippen molar-refractivity contribution in [1.29, 1.82) is 0 Å². The van der Waals surface area contributed by atoms with Crippen LogP contribution in [0.1, 0.15) is 12.7 Å². The number of anilines is 1. The number of hydrogen-bond acceptors (Lipinski definition) is 5. The molecule has 0 fully saturated rings. The molecule has 0 bridgehead atoms. The molecule has 2 aromatic heterocycles. The Morgan fingerprint density at radius 1 is 1.45 bits per heavy atom. The van der Waals surface area contributed by atoms with Crippen molar-refractivity contribution in [2.24, 2.45) is 7.05 Å². The van der Waals surface area contributed by atoms with Crippen LogP contribution < -0.4 is 5.32 Å². The highest BCUT2D eigenvalue weighted by atomic mass is 35.5. The summed E-state index contributed by atoms with van der Waals surface area (Å²) in [5.41, 5.74) is 0. The van der Waals surface area contributed by atoms with Gasteiger partial charge in [0.1, 0.15) is 11.6 Å². The molecule has 0 radical (unpaired) electrons. The van der Waals surface area contributed by atoms with Crippen LogP contribution in [-0.4, -0.2) is 30.9 Å². The van der Waals surface area contributed by atoms with E-state index in [1.807, 2.05) is 18.5 Å². The third-order valence-electron chi connectivity index (χ3n) is 2.68. The molecule has 8 heteroatoms. The van der Waals surface area contributed by atoms with Gasteiger partial charge < -0.3 is 9.88 Å². The average Bonchev–Trinajstić information content (AvgIpc) is 2.73. The molecule has 0 aliphatic heterocycles. The van der Waals surface area contributed by atoms with Crippen LogP contribution in [0.3, 0.4) is 0 Å². The fraction of sp³-hybridized carbons (Fsp3) is 0.333. The summed E-state index contributed by atoms with van der Waals surface area (Å²) >= 11 is 7.09. The van der Waals surface area contributed by atoms with Gasteiger partial charge in [0.25, 0.3) is 0 Å². The number of thioether (sulfide) groups is 1. The van der Waals surface area contributed by atoms with E-state index in [0.29, 0.717) is 16.0 Å². The molecule has 2 aromatic rings. The molecular weight excluding hydrogens is 298 g/mol. The van der Waals surface area contributed by atoms with E-state index >= 15 is 0 Å². The van der Waals surface area contributed by atoms with Crippen LogP contribution >= 0.6 is 23.4 Å². The molecule has 0 unspecified atom stereocenters. The van der Waals surface area contributed by atoms with Crippen LogP contribution in [0.15, 0.2) is 23.5 Å². The first-order valence-electron chi connectivity index (χ1n) is 5.92. The molecule has 1 atom stereocenters. The summed E-state index contributed by atoms with van der Waals surface area (Å²) in [6.07, 6.45) is 1.49. The number of rotatable bonds is 4. The van der Waals surface area contributed by atoms with Crippen LogP contribution in [0.2, 0.25) is 5.02 Å². The van der Waals surface area contributed by atoms with Gasteiger partial charge in [-0.1, -0.05) is 23.4 Å². The van der Waals surface area contributed by atoms with Gasteiger partial charge >= 0.3 is 0 Å². The highest BCUT2D eigenvalue weighted by molar-refractivity contribution is 8.00. The monoisotopic (exact) mass is 311 g/mol. The van der Waals surface area contributed by atoms with Gasteiger partial charge in [-0.3, -0.25) is 4.79 Å². The maximum absolute atomic E-state index is 12.1. The molecule has 0 spiro atoms. The molecule has 0 saturated carbocycles. The fourth-order valence-electron chi connectivity index (χ4n) is 1.38. The fourth-order valence-corrected chi connectivity index (χ4v) is 2.35. The van der Waals surface area contributed by atoms with Crippen LogP contribution in [0, 0.1) is 6.92 Å². The number of hydrogen-bond donors (Lipinski definition) is 1. The molecule has 0 aliphatic carbocycles. The number of halogens is 1. The second-order valence-corrected chi connectivity index (χ2v) is 5.94. The number of aromatic nitrogens is 4. The summed E-state index contributed by atoms with van der Waals surface area (Å²) in [6, 6.07) is 3.33. The number of pyridine rings is 1. The number of nitrogens with one attached hydrogen (secondary N) is 1. The van der Waals surface area contributed by atoms with Crippen molar-refractivity contribution < 1.29 is 4.79 Å². The molecule has 2 heterocycles. The van der Waals surface area contributed by atoms with Gasteiger partial charge in [-0.25, -0.2) is 4.98 Å². The number of carbonyl (C=O) groups excluding carboxylic acids is 1. The Morgan fingerprint density at radius 3 is 2.75 bits per heavy atom. The molecule has 106 valence electrons. The highest BCUT2D eigenvalue weighted by Gasteiger charge is 2.18. The van der Waals surface area contributed by atoms with E-state index in [1.54, 1.807) is 19.1 Å². The van der Waals surface area contributed by atoms with E-state index in [4.69, 9.17) is 11.6 Å². The van der Waals surface area contributed by atoms with Crippen molar-refractivity contribution in [3.8, 4) is 0 Å². The van der Waals surface area contributed by atoms with Crippen molar-refractivity contribution in [2.45, 2.75) is 24.3 Å². The van der Waals surface area contributed by atoms with Crippen molar-refractivity contribution >= 4 is 35.1 Å². The number of carbonyl (C=O) groups is 1. The first-order valence-corrected chi connectivity index (χ1v) is 7.18. The predicted molar refractivity (Wildman–Crippen MR) is 78.9 cm³/mol. The van der Waals surface area contributed by atoms with E-state index in [0.717, 1.165) is 5.82 Å². The van der Waals surface area contributed by atoms with E-state index < -0.39 is 0 Å². The summed E-state index contributed by atoms with van der Waals surface area (Å²) in [5, 5.41) is 11.6. The standard InChI is InChI=1S/C12H14ClN5OS/c1-7(20-12-17-16-8(2)18(12)3)11(19)15-10-5-4-9(13)6-14-10/h4-7H,1-3H3,(H,14,15,19)/t7-/m1/s1. The molecule has 1 amide bonds. The second-order valence-electron chi connectivity index (χ2n) is 4.20. The largest absolute Gasteiger partial charge is 0.310 e. The average molecular weight is 312 g/mol. The van der Waals surface area contributed by atoms with Gasteiger partial charge in [0.2, 0.25) is 5.91 Å². The SMILES string of the molecule is Cc1nnc(S[C@H](C)C(=O)Nc2ccc(Cl)cn2)n1C. The third-order valence-corrected chi connectivity index (χ3v) is 4.04. The minimum absolute atomic E-state index is 0.148. The van der Waals surface area contributed by atoms with Gasteiger partial charge in [0.15, 0.2) is 5.16 Å². The molecular formula is C12H14ClN5OS. The molecule has 1 N–H and O–H groups in total. The van der Waals surface area contributed by atoms with Crippen LogP contribution in [0.25, 0.3) is 0 Å². The van der Waals surface area contributed by atoms with Crippen molar-refractivity contribution in [3.63, 3.8) is 0 Å². The lowest BCUT2D eigenvalue weighted by atomic mass is 10.4. The van der Waals surface area contributed by atoms with E-state index in [9.17, 15) is 4.79 Å². The number of amides is 1. The molecule has 0 saturated heterocycles.